The summed E-state index contributed by atoms with van der Waals surface area (Å²) in [6.07, 6.45) is 3.63. The van der Waals surface area contributed by atoms with Crippen molar-refractivity contribution in [3.8, 4) is 11.1 Å². The second-order valence-electron chi connectivity index (χ2n) is 8.44. The average molecular weight is 473 g/mol. The minimum absolute atomic E-state index is 0.00514. The van der Waals surface area contributed by atoms with Crippen LogP contribution in [0.2, 0.25) is 0 Å². The summed E-state index contributed by atoms with van der Waals surface area (Å²) in [5, 5.41) is 20.1. The molecule has 178 valence electrons. The Morgan fingerprint density at radius 2 is 1.97 bits per heavy atom. The number of carbonyl (C=O) groups is 1. The van der Waals surface area contributed by atoms with Gasteiger partial charge in [-0.1, -0.05) is 18.2 Å². The van der Waals surface area contributed by atoms with E-state index < -0.39 is 0 Å². The highest BCUT2D eigenvalue weighted by molar-refractivity contribution is 6.08. The second-order valence-corrected chi connectivity index (χ2v) is 8.44. The summed E-state index contributed by atoms with van der Waals surface area (Å²) >= 11 is 0. The predicted molar refractivity (Wildman–Crippen MR) is 133 cm³/mol. The zero-order valence-corrected chi connectivity index (χ0v) is 19.4. The van der Waals surface area contributed by atoms with Crippen molar-refractivity contribution in [2.24, 2.45) is 7.05 Å². The number of anilines is 1. The molecular formula is C26H25FN6O2. The van der Waals surface area contributed by atoms with E-state index in [-0.39, 0.29) is 24.4 Å². The van der Waals surface area contributed by atoms with Gasteiger partial charge in [-0.15, -0.1) is 5.10 Å². The maximum absolute atomic E-state index is 13.6. The van der Waals surface area contributed by atoms with Crippen molar-refractivity contribution in [2.75, 3.05) is 18.5 Å². The standard InChI is InChI=1S/C26H25FN6O2/c1-16(17-4-3-5-20(27)12-17)29-25(35)22-15-32(2)23-7-6-18(13-21(22)23)19-8-10-33-24(14-19)30-26(31-33)28-9-11-34/h3-8,10,12-16,34H,9,11H2,1-2H3,(H,28,31)(H,29,35)/t16-/m0/s1. The van der Waals surface area contributed by atoms with E-state index in [1.807, 2.05) is 61.3 Å². The lowest BCUT2D eigenvalue weighted by atomic mass is 10.0. The summed E-state index contributed by atoms with van der Waals surface area (Å²) in [5.41, 5.74) is 4.71. The number of aliphatic hydroxyl groups is 1. The molecule has 3 aromatic heterocycles. The third kappa shape index (κ3) is 4.45. The fraction of sp³-hybridized carbons (Fsp3) is 0.192. The minimum atomic E-state index is -0.347. The molecule has 0 saturated heterocycles. The number of amides is 1. The maximum atomic E-state index is 13.6. The number of carbonyl (C=O) groups excluding carboxylic acids is 1. The number of pyridine rings is 1. The molecule has 0 aliphatic rings. The van der Waals surface area contributed by atoms with Crippen molar-refractivity contribution < 1.29 is 14.3 Å². The Morgan fingerprint density at radius 3 is 2.77 bits per heavy atom. The van der Waals surface area contributed by atoms with Crippen LogP contribution in [0.3, 0.4) is 0 Å². The number of nitrogens with one attached hydrogen (secondary N) is 2. The smallest absolute Gasteiger partial charge is 0.253 e. The molecule has 0 aliphatic carbocycles. The van der Waals surface area contributed by atoms with E-state index in [1.54, 1.807) is 16.6 Å². The lowest BCUT2D eigenvalue weighted by Gasteiger charge is -2.14. The van der Waals surface area contributed by atoms with Crippen LogP contribution in [0.5, 0.6) is 0 Å². The third-order valence-corrected chi connectivity index (χ3v) is 6.00. The first-order chi connectivity index (χ1) is 16.9. The van der Waals surface area contributed by atoms with Crippen molar-refractivity contribution in [1.82, 2.24) is 24.5 Å². The number of rotatable bonds is 7. The first-order valence-corrected chi connectivity index (χ1v) is 11.3. The summed E-state index contributed by atoms with van der Waals surface area (Å²) in [4.78, 5) is 17.6. The fourth-order valence-electron chi connectivity index (χ4n) is 4.19. The monoisotopic (exact) mass is 472 g/mol. The third-order valence-electron chi connectivity index (χ3n) is 6.00. The Balaban J connectivity index is 1.46. The lowest BCUT2D eigenvalue weighted by molar-refractivity contribution is 0.0941. The van der Waals surface area contributed by atoms with E-state index in [9.17, 15) is 9.18 Å². The molecule has 3 N–H and O–H groups in total. The van der Waals surface area contributed by atoms with Gasteiger partial charge in [-0.2, -0.15) is 4.98 Å². The van der Waals surface area contributed by atoms with Crippen molar-refractivity contribution in [2.45, 2.75) is 13.0 Å². The fourth-order valence-corrected chi connectivity index (χ4v) is 4.19. The first-order valence-electron chi connectivity index (χ1n) is 11.3. The molecule has 3 heterocycles. The van der Waals surface area contributed by atoms with Gasteiger partial charge in [0.25, 0.3) is 5.91 Å². The quantitative estimate of drug-likeness (QED) is 0.334. The van der Waals surface area contributed by atoms with Gasteiger partial charge in [0.15, 0.2) is 5.65 Å². The van der Waals surface area contributed by atoms with Crippen molar-refractivity contribution in [3.63, 3.8) is 0 Å². The molecule has 0 aliphatic heterocycles. The van der Waals surface area contributed by atoms with Gasteiger partial charge in [-0.05, 0) is 60.0 Å². The topological polar surface area (TPSA) is 96.5 Å². The van der Waals surface area contributed by atoms with Crippen LogP contribution < -0.4 is 10.6 Å². The van der Waals surface area contributed by atoms with Gasteiger partial charge in [0.1, 0.15) is 5.82 Å². The second kappa shape index (κ2) is 9.19. The van der Waals surface area contributed by atoms with E-state index in [2.05, 4.69) is 20.7 Å². The summed E-state index contributed by atoms with van der Waals surface area (Å²) in [5.74, 6) is -0.113. The van der Waals surface area contributed by atoms with Crippen LogP contribution in [0.25, 0.3) is 27.7 Å². The zero-order chi connectivity index (χ0) is 24.5. The van der Waals surface area contributed by atoms with E-state index in [4.69, 9.17) is 5.11 Å². The van der Waals surface area contributed by atoms with E-state index in [0.29, 0.717) is 29.3 Å². The lowest BCUT2D eigenvalue weighted by Crippen LogP contribution is -2.26. The van der Waals surface area contributed by atoms with Gasteiger partial charge in [0.05, 0.1) is 18.2 Å². The summed E-state index contributed by atoms with van der Waals surface area (Å²) in [6, 6.07) is 15.7. The SMILES string of the molecule is C[C@H](NC(=O)c1cn(C)c2ccc(-c3ccn4nc(NCCO)nc4c3)cc12)c1cccc(F)c1. The molecule has 9 heteroatoms. The molecule has 0 spiro atoms. The Hall–Kier alpha value is -4.24. The molecule has 0 radical (unpaired) electrons. The molecule has 2 aromatic carbocycles. The van der Waals surface area contributed by atoms with Crippen molar-refractivity contribution in [1.29, 1.82) is 0 Å². The highest BCUT2D eigenvalue weighted by Crippen LogP contribution is 2.29. The molecule has 0 unspecified atom stereocenters. The van der Waals surface area contributed by atoms with Crippen LogP contribution in [0, 0.1) is 5.82 Å². The maximum Gasteiger partial charge on any atom is 0.253 e. The van der Waals surface area contributed by atoms with Gasteiger partial charge >= 0.3 is 0 Å². The van der Waals surface area contributed by atoms with Crippen LogP contribution in [-0.4, -0.2) is 43.3 Å². The van der Waals surface area contributed by atoms with Crippen LogP contribution in [0.15, 0.2) is 67.0 Å². The minimum Gasteiger partial charge on any atom is -0.395 e. The van der Waals surface area contributed by atoms with E-state index in [0.717, 1.165) is 22.0 Å². The number of hydrogen-bond donors (Lipinski definition) is 3. The molecule has 1 amide bonds. The zero-order valence-electron chi connectivity index (χ0n) is 19.4. The molecule has 0 bridgehead atoms. The van der Waals surface area contributed by atoms with Gasteiger partial charge in [-0.25, -0.2) is 8.91 Å². The van der Waals surface area contributed by atoms with Gasteiger partial charge in [0, 0.05) is 36.9 Å². The predicted octanol–water partition coefficient (Wildman–Crippen LogP) is 3.92. The number of aromatic nitrogens is 4. The Bertz CT molecular complexity index is 1540. The number of benzene rings is 2. The molecule has 0 fully saturated rings. The number of fused-ring (bicyclic) bond motifs is 2. The van der Waals surface area contributed by atoms with E-state index in [1.165, 1.54) is 12.1 Å². The number of aryl methyl sites for hydroxylation is 1. The van der Waals surface area contributed by atoms with Gasteiger partial charge < -0.3 is 20.3 Å². The number of hydrogen-bond acceptors (Lipinski definition) is 5. The molecule has 8 nitrogen and oxygen atoms in total. The average Bonchev–Trinajstić information content (AvgIpc) is 3.42. The van der Waals surface area contributed by atoms with E-state index >= 15 is 0 Å². The highest BCUT2D eigenvalue weighted by atomic mass is 19.1. The van der Waals surface area contributed by atoms with Crippen LogP contribution in [0.1, 0.15) is 28.9 Å². The Labute approximate surface area is 201 Å². The largest absolute Gasteiger partial charge is 0.395 e. The van der Waals surface area contributed by atoms with Gasteiger partial charge in [-0.3, -0.25) is 4.79 Å². The summed E-state index contributed by atoms with van der Waals surface area (Å²) in [6.45, 7) is 2.20. The van der Waals surface area contributed by atoms with Crippen molar-refractivity contribution >= 4 is 28.4 Å². The first kappa shape index (κ1) is 22.5. The van der Waals surface area contributed by atoms with Crippen molar-refractivity contribution in [3.05, 3.63) is 83.9 Å². The van der Waals surface area contributed by atoms with Gasteiger partial charge in [0.2, 0.25) is 5.95 Å². The molecule has 0 saturated carbocycles. The molecule has 5 rings (SSSR count). The number of nitrogens with zero attached hydrogens (tertiary/aromatic N) is 4. The van der Waals surface area contributed by atoms with Crippen LogP contribution >= 0.6 is 0 Å². The van der Waals surface area contributed by atoms with Crippen LogP contribution in [-0.2, 0) is 7.05 Å². The van der Waals surface area contributed by atoms with Crippen LogP contribution in [0.4, 0.5) is 10.3 Å². The molecule has 5 aromatic rings. The summed E-state index contributed by atoms with van der Waals surface area (Å²) in [7, 11) is 1.90. The number of halogens is 1. The molecular weight excluding hydrogens is 447 g/mol. The molecule has 1 atom stereocenters. The Morgan fingerprint density at radius 1 is 1.14 bits per heavy atom. The number of aliphatic hydroxyl groups excluding tert-OH is 1. The normalized spacial score (nSPS) is 12.2. The molecule has 35 heavy (non-hydrogen) atoms. The highest BCUT2D eigenvalue weighted by Gasteiger charge is 2.18. The summed E-state index contributed by atoms with van der Waals surface area (Å²) < 4.78 is 17.2. The Kier molecular flexibility index (Phi) is 5.92.